The molecule has 1 heterocycles. The third-order valence-electron chi connectivity index (χ3n) is 4.16. The molecule has 1 atom stereocenters. The highest BCUT2D eigenvalue weighted by molar-refractivity contribution is 6.07. The van der Waals surface area contributed by atoms with Gasteiger partial charge >= 0.3 is 0 Å². The first-order valence-corrected chi connectivity index (χ1v) is 7.23. The molecule has 1 fully saturated rings. The number of rotatable bonds is 2. The van der Waals surface area contributed by atoms with Crippen molar-refractivity contribution in [1.29, 1.82) is 0 Å². The highest BCUT2D eigenvalue weighted by Gasteiger charge is 2.23. The molecule has 0 radical (unpaired) electrons. The van der Waals surface area contributed by atoms with Crippen molar-refractivity contribution in [2.45, 2.75) is 18.9 Å². The second kappa shape index (κ2) is 5.63. The van der Waals surface area contributed by atoms with E-state index in [4.69, 9.17) is 0 Å². The minimum absolute atomic E-state index is 0.121. The van der Waals surface area contributed by atoms with Crippen molar-refractivity contribution in [2.24, 2.45) is 0 Å². The number of likely N-dealkylation sites (N-methyl/N-ethyl adjacent to an activating group) is 1. The fraction of sp³-hybridized carbons (Fsp3) is 0.353. The fourth-order valence-electron chi connectivity index (χ4n) is 2.93. The zero-order valence-electron chi connectivity index (χ0n) is 11.8. The third kappa shape index (κ3) is 2.41. The summed E-state index contributed by atoms with van der Waals surface area (Å²) >= 11 is 0. The van der Waals surface area contributed by atoms with Crippen LogP contribution in [0.2, 0.25) is 0 Å². The normalized spacial score (nSPS) is 18.9. The van der Waals surface area contributed by atoms with Crippen LogP contribution in [0.5, 0.6) is 0 Å². The molecular formula is C17H20N2O. The number of carbonyl (C=O) groups excluding carboxylic acids is 1. The lowest BCUT2D eigenvalue weighted by atomic mass is 10.0. The number of nitrogens with one attached hydrogen (secondary N) is 1. The third-order valence-corrected chi connectivity index (χ3v) is 4.16. The van der Waals surface area contributed by atoms with Gasteiger partial charge < -0.3 is 10.2 Å². The maximum atomic E-state index is 12.8. The summed E-state index contributed by atoms with van der Waals surface area (Å²) in [6, 6.07) is 14.3. The SMILES string of the molecule is CN(C(=O)c1cccc2ccccc12)C1CCCNC1. The van der Waals surface area contributed by atoms with Gasteiger partial charge in [-0.1, -0.05) is 36.4 Å². The second-order valence-corrected chi connectivity index (χ2v) is 5.44. The van der Waals surface area contributed by atoms with E-state index in [1.54, 1.807) is 0 Å². The number of amides is 1. The lowest BCUT2D eigenvalue weighted by Crippen LogP contribution is -2.46. The smallest absolute Gasteiger partial charge is 0.254 e. The van der Waals surface area contributed by atoms with Crippen molar-refractivity contribution >= 4 is 16.7 Å². The first-order chi connectivity index (χ1) is 9.77. The van der Waals surface area contributed by atoms with Gasteiger partial charge in [-0.05, 0) is 36.2 Å². The number of nitrogens with zero attached hydrogens (tertiary/aromatic N) is 1. The Bertz CT molecular complexity index is 612. The average Bonchev–Trinajstić information content (AvgIpc) is 2.54. The Kier molecular flexibility index (Phi) is 3.70. The number of piperidine rings is 1. The molecule has 1 aliphatic rings. The average molecular weight is 268 g/mol. The molecule has 2 aromatic rings. The molecule has 1 saturated heterocycles. The quantitative estimate of drug-likeness (QED) is 0.908. The summed E-state index contributed by atoms with van der Waals surface area (Å²) in [6.07, 6.45) is 2.22. The highest BCUT2D eigenvalue weighted by atomic mass is 16.2. The summed E-state index contributed by atoms with van der Waals surface area (Å²) in [4.78, 5) is 14.7. The van der Waals surface area contributed by atoms with Gasteiger partial charge in [-0.25, -0.2) is 0 Å². The van der Waals surface area contributed by atoms with Gasteiger partial charge in [-0.2, -0.15) is 0 Å². The van der Waals surface area contributed by atoms with Gasteiger partial charge in [0, 0.05) is 25.2 Å². The number of hydrogen-bond acceptors (Lipinski definition) is 2. The molecule has 3 rings (SSSR count). The molecule has 0 bridgehead atoms. The summed E-state index contributed by atoms with van der Waals surface area (Å²) in [6.45, 7) is 1.96. The summed E-state index contributed by atoms with van der Waals surface area (Å²) in [7, 11) is 1.92. The zero-order valence-corrected chi connectivity index (χ0v) is 11.8. The highest BCUT2D eigenvalue weighted by Crippen LogP contribution is 2.21. The van der Waals surface area contributed by atoms with E-state index in [1.165, 1.54) is 0 Å². The topological polar surface area (TPSA) is 32.3 Å². The standard InChI is InChI=1S/C17H20N2O/c1-19(14-8-5-11-18-12-14)17(20)16-10-4-7-13-6-2-3-9-15(13)16/h2-4,6-7,9-10,14,18H,5,8,11-12H2,1H3. The molecule has 1 N–H and O–H groups in total. The van der Waals surface area contributed by atoms with Crippen molar-refractivity contribution in [2.75, 3.05) is 20.1 Å². The van der Waals surface area contributed by atoms with E-state index in [-0.39, 0.29) is 5.91 Å². The summed E-state index contributed by atoms with van der Waals surface area (Å²) in [5.74, 6) is 0.121. The van der Waals surface area contributed by atoms with E-state index in [2.05, 4.69) is 5.32 Å². The Labute approximate surface area is 119 Å². The Balaban J connectivity index is 1.92. The van der Waals surface area contributed by atoms with Gasteiger partial charge in [0.1, 0.15) is 0 Å². The van der Waals surface area contributed by atoms with Crippen LogP contribution in [0.15, 0.2) is 42.5 Å². The summed E-state index contributed by atoms with van der Waals surface area (Å²) < 4.78 is 0. The molecular weight excluding hydrogens is 248 g/mol. The monoisotopic (exact) mass is 268 g/mol. The second-order valence-electron chi connectivity index (χ2n) is 5.44. The van der Waals surface area contributed by atoms with E-state index in [0.29, 0.717) is 6.04 Å². The predicted octanol–water partition coefficient (Wildman–Crippen LogP) is 2.66. The fourth-order valence-corrected chi connectivity index (χ4v) is 2.93. The molecule has 1 aliphatic heterocycles. The Morgan fingerprint density at radius 2 is 2.00 bits per heavy atom. The van der Waals surface area contributed by atoms with Crippen molar-refractivity contribution in [3.05, 3.63) is 48.0 Å². The van der Waals surface area contributed by atoms with Gasteiger partial charge in [-0.15, -0.1) is 0 Å². The number of hydrogen-bond donors (Lipinski definition) is 1. The van der Waals surface area contributed by atoms with E-state index < -0.39 is 0 Å². The lowest BCUT2D eigenvalue weighted by Gasteiger charge is -2.32. The van der Waals surface area contributed by atoms with Crippen molar-refractivity contribution < 1.29 is 4.79 Å². The Morgan fingerprint density at radius 1 is 1.20 bits per heavy atom. The molecule has 104 valence electrons. The van der Waals surface area contributed by atoms with Gasteiger partial charge in [0.05, 0.1) is 0 Å². The van der Waals surface area contributed by atoms with Crippen LogP contribution in [-0.4, -0.2) is 37.0 Å². The van der Waals surface area contributed by atoms with Gasteiger partial charge in [-0.3, -0.25) is 4.79 Å². The van der Waals surface area contributed by atoms with Crippen LogP contribution in [-0.2, 0) is 0 Å². The van der Waals surface area contributed by atoms with Gasteiger partial charge in [0.2, 0.25) is 0 Å². The van der Waals surface area contributed by atoms with Crippen LogP contribution in [0.4, 0.5) is 0 Å². The Morgan fingerprint density at radius 3 is 2.80 bits per heavy atom. The molecule has 1 amide bonds. The zero-order chi connectivity index (χ0) is 13.9. The largest absolute Gasteiger partial charge is 0.337 e. The number of carbonyl (C=O) groups is 1. The van der Waals surface area contributed by atoms with Crippen molar-refractivity contribution in [1.82, 2.24) is 10.2 Å². The van der Waals surface area contributed by atoms with Crippen LogP contribution in [0.25, 0.3) is 10.8 Å². The van der Waals surface area contributed by atoms with Gasteiger partial charge in [0.15, 0.2) is 0 Å². The van der Waals surface area contributed by atoms with Crippen LogP contribution in [0, 0.1) is 0 Å². The molecule has 20 heavy (non-hydrogen) atoms. The van der Waals surface area contributed by atoms with E-state index in [0.717, 1.165) is 42.3 Å². The Hall–Kier alpha value is -1.87. The molecule has 0 spiro atoms. The molecule has 3 nitrogen and oxygen atoms in total. The molecule has 1 unspecified atom stereocenters. The summed E-state index contributed by atoms with van der Waals surface area (Å²) in [5, 5.41) is 5.52. The molecule has 2 aromatic carbocycles. The van der Waals surface area contributed by atoms with E-state index >= 15 is 0 Å². The molecule has 3 heteroatoms. The molecule has 0 saturated carbocycles. The van der Waals surface area contributed by atoms with E-state index in [1.807, 2.05) is 54.4 Å². The van der Waals surface area contributed by atoms with Crippen LogP contribution < -0.4 is 5.32 Å². The van der Waals surface area contributed by atoms with Gasteiger partial charge in [0.25, 0.3) is 5.91 Å². The first kappa shape index (κ1) is 13.1. The first-order valence-electron chi connectivity index (χ1n) is 7.23. The minimum Gasteiger partial charge on any atom is -0.337 e. The van der Waals surface area contributed by atoms with Crippen molar-refractivity contribution in [3.63, 3.8) is 0 Å². The van der Waals surface area contributed by atoms with Crippen LogP contribution in [0.1, 0.15) is 23.2 Å². The van der Waals surface area contributed by atoms with E-state index in [9.17, 15) is 4.79 Å². The lowest BCUT2D eigenvalue weighted by molar-refractivity contribution is 0.0710. The van der Waals surface area contributed by atoms with Crippen LogP contribution in [0.3, 0.4) is 0 Å². The van der Waals surface area contributed by atoms with Crippen molar-refractivity contribution in [3.8, 4) is 0 Å². The number of benzene rings is 2. The maximum absolute atomic E-state index is 12.8. The number of fused-ring (bicyclic) bond motifs is 1. The molecule has 0 aliphatic carbocycles. The van der Waals surface area contributed by atoms with Crippen LogP contribution >= 0.6 is 0 Å². The predicted molar refractivity (Wildman–Crippen MR) is 81.9 cm³/mol. The minimum atomic E-state index is 0.121. The molecule has 0 aromatic heterocycles. The maximum Gasteiger partial charge on any atom is 0.254 e. The summed E-state index contributed by atoms with van der Waals surface area (Å²) in [5.41, 5.74) is 0.802.